The summed E-state index contributed by atoms with van der Waals surface area (Å²) in [5.41, 5.74) is 2.96. The van der Waals surface area contributed by atoms with Gasteiger partial charge in [0.1, 0.15) is 12.1 Å². The first kappa shape index (κ1) is 11.8. The first-order chi connectivity index (χ1) is 8.11. The van der Waals surface area contributed by atoms with Gasteiger partial charge < -0.3 is 0 Å². The molecule has 1 nitrogen and oxygen atoms in total. The molecule has 2 aromatic carbocycles. The highest BCUT2D eigenvalue weighted by atomic mass is 35.5. The van der Waals surface area contributed by atoms with Gasteiger partial charge in [0.05, 0.1) is 0 Å². The molecular weight excluding hydrogens is 239 g/mol. The number of carbonyl (C=O) groups excluding carboxylic acids is 1. The van der Waals surface area contributed by atoms with Gasteiger partial charge in [-0.05, 0) is 42.3 Å². The molecule has 2 aromatic rings. The Morgan fingerprint density at radius 3 is 2.53 bits per heavy atom. The molecule has 0 aromatic heterocycles. The molecule has 0 aliphatic heterocycles. The first-order valence-electron chi connectivity index (χ1n) is 5.13. The summed E-state index contributed by atoms with van der Waals surface area (Å²) < 4.78 is 13.2. The fourth-order valence-corrected chi connectivity index (χ4v) is 1.99. The van der Waals surface area contributed by atoms with Crippen molar-refractivity contribution < 1.29 is 9.18 Å². The summed E-state index contributed by atoms with van der Waals surface area (Å²) in [6.45, 7) is 1.86. The number of rotatable bonds is 2. The summed E-state index contributed by atoms with van der Waals surface area (Å²) in [5, 5.41) is 0.494. The predicted octanol–water partition coefficient (Wildman–Crippen LogP) is 4.27. The molecular formula is C14H10ClFO. The third kappa shape index (κ3) is 2.37. The van der Waals surface area contributed by atoms with Gasteiger partial charge in [0.2, 0.25) is 0 Å². The minimum absolute atomic E-state index is 0.330. The van der Waals surface area contributed by atoms with Crippen molar-refractivity contribution >= 4 is 17.9 Å². The Labute approximate surface area is 104 Å². The molecule has 0 saturated carbocycles. The molecule has 0 heterocycles. The van der Waals surface area contributed by atoms with E-state index < -0.39 is 0 Å². The van der Waals surface area contributed by atoms with E-state index in [1.54, 1.807) is 18.2 Å². The van der Waals surface area contributed by atoms with Gasteiger partial charge in [-0.25, -0.2) is 4.39 Å². The minimum Gasteiger partial charge on any atom is -0.298 e. The molecule has 0 saturated heterocycles. The van der Waals surface area contributed by atoms with Crippen LogP contribution < -0.4 is 0 Å². The van der Waals surface area contributed by atoms with E-state index in [2.05, 4.69) is 0 Å². The Morgan fingerprint density at radius 2 is 1.88 bits per heavy atom. The average molecular weight is 249 g/mol. The molecule has 0 aliphatic carbocycles. The van der Waals surface area contributed by atoms with Crippen molar-refractivity contribution in [3.63, 3.8) is 0 Å². The molecule has 0 N–H and O–H groups in total. The van der Waals surface area contributed by atoms with E-state index in [-0.39, 0.29) is 5.82 Å². The number of hydrogen-bond acceptors (Lipinski definition) is 1. The van der Waals surface area contributed by atoms with Gasteiger partial charge in [-0.3, -0.25) is 4.79 Å². The van der Waals surface area contributed by atoms with Crippen LogP contribution in [0, 0.1) is 12.7 Å². The van der Waals surface area contributed by atoms with Gasteiger partial charge >= 0.3 is 0 Å². The van der Waals surface area contributed by atoms with Crippen molar-refractivity contribution in [3.05, 3.63) is 58.4 Å². The minimum atomic E-state index is -0.330. The maximum absolute atomic E-state index is 13.2. The summed E-state index contributed by atoms with van der Waals surface area (Å²) >= 11 is 6.04. The van der Waals surface area contributed by atoms with Gasteiger partial charge in [-0.2, -0.15) is 0 Å². The zero-order valence-electron chi connectivity index (χ0n) is 9.21. The molecule has 0 unspecified atom stereocenters. The predicted molar refractivity (Wildman–Crippen MR) is 67.0 cm³/mol. The molecule has 3 heteroatoms. The van der Waals surface area contributed by atoms with E-state index >= 15 is 0 Å². The van der Waals surface area contributed by atoms with Gasteiger partial charge in [0, 0.05) is 16.1 Å². The van der Waals surface area contributed by atoms with Crippen LogP contribution in [0.15, 0.2) is 36.4 Å². The Kier molecular flexibility index (Phi) is 3.25. The maximum Gasteiger partial charge on any atom is 0.150 e. The SMILES string of the molecule is Cc1cc(C=O)ccc1-c1cc(F)ccc1Cl. The van der Waals surface area contributed by atoms with Crippen LogP contribution in [0.5, 0.6) is 0 Å². The standard InChI is InChI=1S/C14H10ClFO/c1-9-6-10(8-17)2-4-12(9)13-7-11(16)3-5-14(13)15/h2-8H,1H3. The molecule has 0 amide bonds. The zero-order valence-corrected chi connectivity index (χ0v) is 9.96. The number of halogens is 2. The van der Waals surface area contributed by atoms with Crippen molar-refractivity contribution in [2.24, 2.45) is 0 Å². The van der Waals surface area contributed by atoms with Crippen LogP contribution in [0.1, 0.15) is 15.9 Å². The van der Waals surface area contributed by atoms with E-state index in [4.69, 9.17) is 11.6 Å². The molecule has 86 valence electrons. The van der Waals surface area contributed by atoms with E-state index in [0.717, 1.165) is 17.4 Å². The lowest BCUT2D eigenvalue weighted by molar-refractivity contribution is 0.112. The first-order valence-corrected chi connectivity index (χ1v) is 5.51. The lowest BCUT2D eigenvalue weighted by Crippen LogP contribution is -1.89. The van der Waals surface area contributed by atoms with Gasteiger partial charge in [-0.15, -0.1) is 0 Å². The zero-order chi connectivity index (χ0) is 12.4. The van der Waals surface area contributed by atoms with E-state index in [1.165, 1.54) is 18.2 Å². The van der Waals surface area contributed by atoms with Gasteiger partial charge in [0.15, 0.2) is 0 Å². The van der Waals surface area contributed by atoms with Gasteiger partial charge in [0.25, 0.3) is 0 Å². The largest absolute Gasteiger partial charge is 0.298 e. The highest BCUT2D eigenvalue weighted by molar-refractivity contribution is 6.33. The molecule has 0 aliphatic rings. The van der Waals surface area contributed by atoms with Crippen LogP contribution in [0.25, 0.3) is 11.1 Å². The van der Waals surface area contributed by atoms with Crippen molar-refractivity contribution in [1.82, 2.24) is 0 Å². The van der Waals surface area contributed by atoms with Crippen LogP contribution in [-0.2, 0) is 0 Å². The van der Waals surface area contributed by atoms with Crippen LogP contribution >= 0.6 is 11.6 Å². The van der Waals surface area contributed by atoms with E-state index in [9.17, 15) is 9.18 Å². The third-order valence-corrected chi connectivity index (χ3v) is 2.93. The van der Waals surface area contributed by atoms with Crippen molar-refractivity contribution in [1.29, 1.82) is 0 Å². The Morgan fingerprint density at radius 1 is 1.12 bits per heavy atom. The maximum atomic E-state index is 13.2. The normalized spacial score (nSPS) is 10.3. The second kappa shape index (κ2) is 4.68. The molecule has 0 atom stereocenters. The fraction of sp³-hybridized carbons (Fsp3) is 0.0714. The Bertz CT molecular complexity index is 578. The lowest BCUT2D eigenvalue weighted by Gasteiger charge is -2.08. The van der Waals surface area contributed by atoms with Crippen molar-refractivity contribution in [2.45, 2.75) is 6.92 Å². The molecule has 0 fully saturated rings. The smallest absolute Gasteiger partial charge is 0.150 e. The second-order valence-corrected chi connectivity index (χ2v) is 4.22. The van der Waals surface area contributed by atoms with Gasteiger partial charge in [-0.1, -0.05) is 23.7 Å². The van der Waals surface area contributed by atoms with E-state index in [0.29, 0.717) is 16.1 Å². The highest BCUT2D eigenvalue weighted by Crippen LogP contribution is 2.31. The quantitative estimate of drug-likeness (QED) is 0.726. The molecule has 17 heavy (non-hydrogen) atoms. The third-order valence-electron chi connectivity index (χ3n) is 2.61. The summed E-state index contributed by atoms with van der Waals surface area (Å²) in [6, 6.07) is 9.46. The second-order valence-electron chi connectivity index (χ2n) is 3.82. The number of benzene rings is 2. The van der Waals surface area contributed by atoms with Crippen molar-refractivity contribution in [2.75, 3.05) is 0 Å². The van der Waals surface area contributed by atoms with Crippen LogP contribution in [0.3, 0.4) is 0 Å². The molecule has 0 spiro atoms. The topological polar surface area (TPSA) is 17.1 Å². The van der Waals surface area contributed by atoms with E-state index in [1.807, 2.05) is 6.92 Å². The van der Waals surface area contributed by atoms with Crippen LogP contribution in [-0.4, -0.2) is 6.29 Å². The number of carbonyl (C=O) groups is 1. The summed E-state index contributed by atoms with van der Waals surface area (Å²) in [7, 11) is 0. The average Bonchev–Trinajstić information content (AvgIpc) is 2.32. The number of aldehydes is 1. The summed E-state index contributed by atoms with van der Waals surface area (Å²) in [6.07, 6.45) is 0.782. The highest BCUT2D eigenvalue weighted by Gasteiger charge is 2.08. The Balaban J connectivity index is 2.60. The summed E-state index contributed by atoms with van der Waals surface area (Å²) in [5.74, 6) is -0.330. The fourth-order valence-electron chi connectivity index (χ4n) is 1.77. The van der Waals surface area contributed by atoms with Crippen molar-refractivity contribution in [3.8, 4) is 11.1 Å². The molecule has 2 rings (SSSR count). The monoisotopic (exact) mass is 248 g/mol. The summed E-state index contributed by atoms with van der Waals surface area (Å²) in [4.78, 5) is 10.6. The Hall–Kier alpha value is -1.67. The number of hydrogen-bond donors (Lipinski definition) is 0. The molecule has 0 bridgehead atoms. The van der Waals surface area contributed by atoms with Crippen LogP contribution in [0.2, 0.25) is 5.02 Å². The molecule has 0 radical (unpaired) electrons. The number of aryl methyl sites for hydroxylation is 1. The van der Waals surface area contributed by atoms with Crippen LogP contribution in [0.4, 0.5) is 4.39 Å². The lowest BCUT2D eigenvalue weighted by atomic mass is 9.98.